The highest BCUT2D eigenvalue weighted by molar-refractivity contribution is 5.95. The molecule has 0 radical (unpaired) electrons. The van der Waals surface area contributed by atoms with Gasteiger partial charge < -0.3 is 20.5 Å². The van der Waals surface area contributed by atoms with E-state index in [0.29, 0.717) is 29.2 Å². The van der Waals surface area contributed by atoms with Gasteiger partial charge in [0.25, 0.3) is 0 Å². The Morgan fingerprint density at radius 3 is 2.31 bits per heavy atom. The molecule has 4 fully saturated rings. The van der Waals surface area contributed by atoms with Crippen LogP contribution >= 0.6 is 0 Å². The van der Waals surface area contributed by atoms with E-state index in [1.165, 1.54) is 32.4 Å². The van der Waals surface area contributed by atoms with E-state index in [2.05, 4.69) is 10.6 Å². The third kappa shape index (κ3) is 3.13. The molecule has 4 aliphatic rings. The number of ether oxygens (including phenoxy) is 1. The number of nitrogens with one attached hydrogen (secondary N) is 2. The molecule has 26 heavy (non-hydrogen) atoms. The van der Waals surface area contributed by atoms with E-state index in [0.717, 1.165) is 19.3 Å². The lowest BCUT2D eigenvalue weighted by Crippen LogP contribution is -2.54. The molecule has 2 amide bonds. The van der Waals surface area contributed by atoms with Gasteiger partial charge in [0, 0.05) is 17.2 Å². The second-order valence-electron chi connectivity index (χ2n) is 8.32. The summed E-state index contributed by atoms with van der Waals surface area (Å²) in [6.45, 7) is -0.0482. The van der Waals surface area contributed by atoms with Crippen molar-refractivity contribution in [1.29, 1.82) is 0 Å². The number of methoxy groups -OCH3 is 1. The smallest absolute Gasteiger partial charge is 0.243 e. The van der Waals surface area contributed by atoms with E-state index in [1.807, 2.05) is 0 Å². The third-order valence-electron chi connectivity index (χ3n) is 6.39. The summed E-state index contributed by atoms with van der Waals surface area (Å²) in [7, 11) is 1.47. The van der Waals surface area contributed by atoms with Crippen LogP contribution in [0.5, 0.6) is 11.5 Å². The van der Waals surface area contributed by atoms with Crippen LogP contribution in [0.15, 0.2) is 18.2 Å². The molecule has 0 unspecified atom stereocenters. The van der Waals surface area contributed by atoms with E-state index in [-0.39, 0.29) is 29.5 Å². The number of amides is 2. The number of phenolic OH excluding ortho intramolecular Hbond substituents is 1. The van der Waals surface area contributed by atoms with Crippen molar-refractivity contribution in [2.45, 2.75) is 38.5 Å². The van der Waals surface area contributed by atoms with E-state index >= 15 is 0 Å². The standard InChI is InChI=1S/C20H26N2O4/c1-26-17-3-2-15(7-16(17)23)22-18(24)11-21-19(25)20-8-12-4-13(9-20)6-14(5-12)10-20/h2-3,7,12-14,23H,4-6,8-11H2,1H3,(H,21,25)(H,22,24). The van der Waals surface area contributed by atoms with Gasteiger partial charge in [-0.1, -0.05) is 0 Å². The molecule has 1 aromatic rings. The minimum atomic E-state index is -0.298. The molecule has 4 aliphatic carbocycles. The predicted octanol–water partition coefficient (Wildman–Crippen LogP) is 2.67. The van der Waals surface area contributed by atoms with Crippen molar-refractivity contribution in [3.8, 4) is 11.5 Å². The first-order valence-corrected chi connectivity index (χ1v) is 9.42. The van der Waals surface area contributed by atoms with Gasteiger partial charge in [-0.15, -0.1) is 0 Å². The van der Waals surface area contributed by atoms with E-state index in [1.54, 1.807) is 12.1 Å². The highest BCUT2D eigenvalue weighted by Gasteiger charge is 2.54. The summed E-state index contributed by atoms with van der Waals surface area (Å²) < 4.78 is 4.98. The Labute approximate surface area is 153 Å². The van der Waals surface area contributed by atoms with Crippen LogP contribution in [0.2, 0.25) is 0 Å². The van der Waals surface area contributed by atoms with Crippen LogP contribution in [0.1, 0.15) is 38.5 Å². The minimum Gasteiger partial charge on any atom is -0.504 e. The molecule has 5 rings (SSSR count). The molecule has 6 heteroatoms. The molecule has 1 aromatic carbocycles. The largest absolute Gasteiger partial charge is 0.504 e. The Morgan fingerprint density at radius 1 is 1.15 bits per heavy atom. The van der Waals surface area contributed by atoms with Crippen LogP contribution < -0.4 is 15.4 Å². The van der Waals surface area contributed by atoms with Gasteiger partial charge in [-0.2, -0.15) is 0 Å². The number of aromatic hydroxyl groups is 1. The van der Waals surface area contributed by atoms with Crippen LogP contribution in [0, 0.1) is 23.2 Å². The van der Waals surface area contributed by atoms with Gasteiger partial charge in [-0.3, -0.25) is 9.59 Å². The summed E-state index contributed by atoms with van der Waals surface area (Å²) in [6.07, 6.45) is 6.81. The van der Waals surface area contributed by atoms with Crippen LogP contribution in [0.25, 0.3) is 0 Å². The first-order chi connectivity index (χ1) is 12.5. The minimum absolute atomic E-state index is 0.0390. The quantitative estimate of drug-likeness (QED) is 0.755. The summed E-state index contributed by atoms with van der Waals surface area (Å²) in [5, 5.41) is 15.3. The zero-order valence-corrected chi connectivity index (χ0v) is 15.1. The third-order valence-corrected chi connectivity index (χ3v) is 6.39. The summed E-state index contributed by atoms with van der Waals surface area (Å²) in [4.78, 5) is 25.0. The molecule has 0 aromatic heterocycles. The maximum atomic E-state index is 12.8. The van der Waals surface area contributed by atoms with Crippen LogP contribution in [-0.2, 0) is 9.59 Å². The molecule has 0 spiro atoms. The molecular weight excluding hydrogens is 332 g/mol. The van der Waals surface area contributed by atoms with Gasteiger partial charge >= 0.3 is 0 Å². The molecule has 0 heterocycles. The van der Waals surface area contributed by atoms with Crippen molar-refractivity contribution in [1.82, 2.24) is 5.32 Å². The van der Waals surface area contributed by atoms with Gasteiger partial charge in [0.1, 0.15) is 0 Å². The Morgan fingerprint density at radius 2 is 1.77 bits per heavy atom. The number of anilines is 1. The van der Waals surface area contributed by atoms with Crippen molar-refractivity contribution in [3.63, 3.8) is 0 Å². The number of rotatable bonds is 5. The maximum Gasteiger partial charge on any atom is 0.243 e. The van der Waals surface area contributed by atoms with E-state index in [4.69, 9.17) is 4.74 Å². The summed E-state index contributed by atoms with van der Waals surface area (Å²) in [5.74, 6) is 2.15. The second kappa shape index (κ2) is 6.49. The van der Waals surface area contributed by atoms with Crippen molar-refractivity contribution in [2.75, 3.05) is 19.0 Å². The SMILES string of the molecule is COc1ccc(NC(=O)CNC(=O)C23CC4CC(CC(C4)C2)C3)cc1O. The van der Waals surface area contributed by atoms with Gasteiger partial charge in [-0.05, 0) is 68.4 Å². The first kappa shape index (κ1) is 17.2. The maximum absolute atomic E-state index is 12.8. The Kier molecular flexibility index (Phi) is 4.29. The van der Waals surface area contributed by atoms with Crippen LogP contribution in [0.4, 0.5) is 5.69 Å². The number of benzene rings is 1. The van der Waals surface area contributed by atoms with Crippen molar-refractivity contribution in [2.24, 2.45) is 23.2 Å². The lowest BCUT2D eigenvalue weighted by atomic mass is 9.49. The number of phenols is 1. The Bertz CT molecular complexity index is 695. The average molecular weight is 358 g/mol. The normalized spacial score (nSPS) is 31.5. The topological polar surface area (TPSA) is 87.7 Å². The van der Waals surface area contributed by atoms with E-state index in [9.17, 15) is 14.7 Å². The van der Waals surface area contributed by atoms with Gasteiger partial charge in [0.15, 0.2) is 11.5 Å². The highest BCUT2D eigenvalue weighted by atomic mass is 16.5. The predicted molar refractivity (Wildman–Crippen MR) is 96.9 cm³/mol. The number of hydrogen-bond acceptors (Lipinski definition) is 4. The lowest BCUT2D eigenvalue weighted by molar-refractivity contribution is -0.146. The van der Waals surface area contributed by atoms with Crippen molar-refractivity contribution < 1.29 is 19.4 Å². The molecule has 0 saturated heterocycles. The molecule has 4 saturated carbocycles. The summed E-state index contributed by atoms with van der Waals surface area (Å²) in [6, 6.07) is 4.66. The molecule has 3 N–H and O–H groups in total. The van der Waals surface area contributed by atoms with E-state index < -0.39 is 0 Å². The van der Waals surface area contributed by atoms with Gasteiger partial charge in [0.05, 0.1) is 13.7 Å². The molecule has 140 valence electrons. The Balaban J connectivity index is 1.33. The zero-order chi connectivity index (χ0) is 18.3. The second-order valence-corrected chi connectivity index (χ2v) is 8.32. The number of hydrogen-bond donors (Lipinski definition) is 3. The summed E-state index contributed by atoms with van der Waals surface area (Å²) in [5.41, 5.74) is 0.227. The van der Waals surface area contributed by atoms with Crippen LogP contribution in [0.3, 0.4) is 0 Å². The fourth-order valence-electron chi connectivity index (χ4n) is 5.71. The fourth-order valence-corrected chi connectivity index (χ4v) is 5.71. The number of carbonyl (C=O) groups excluding carboxylic acids is 2. The Hall–Kier alpha value is -2.24. The monoisotopic (exact) mass is 358 g/mol. The van der Waals surface area contributed by atoms with Crippen molar-refractivity contribution in [3.05, 3.63) is 18.2 Å². The molecule has 0 atom stereocenters. The highest BCUT2D eigenvalue weighted by Crippen LogP contribution is 2.60. The van der Waals surface area contributed by atoms with Crippen molar-refractivity contribution >= 4 is 17.5 Å². The first-order valence-electron chi connectivity index (χ1n) is 9.42. The molecule has 4 bridgehead atoms. The molecular formula is C20H26N2O4. The van der Waals surface area contributed by atoms with Gasteiger partial charge in [-0.25, -0.2) is 0 Å². The van der Waals surface area contributed by atoms with Crippen LogP contribution in [-0.4, -0.2) is 30.6 Å². The number of carbonyl (C=O) groups is 2. The van der Waals surface area contributed by atoms with Gasteiger partial charge in [0.2, 0.25) is 11.8 Å². The average Bonchev–Trinajstić information content (AvgIpc) is 2.58. The lowest BCUT2D eigenvalue weighted by Gasteiger charge is -2.55. The fraction of sp³-hybridized carbons (Fsp3) is 0.600. The zero-order valence-electron chi connectivity index (χ0n) is 15.1. The molecule has 6 nitrogen and oxygen atoms in total. The summed E-state index contributed by atoms with van der Waals surface area (Å²) >= 11 is 0. The molecule has 0 aliphatic heterocycles.